The summed E-state index contributed by atoms with van der Waals surface area (Å²) in [5.41, 5.74) is 6.80. The van der Waals surface area contributed by atoms with Crippen molar-refractivity contribution in [3.63, 3.8) is 0 Å². The highest BCUT2D eigenvalue weighted by atomic mass is 35.5. The van der Waals surface area contributed by atoms with E-state index in [0.717, 1.165) is 55.5 Å². The molecule has 0 amide bonds. The predicted octanol–water partition coefficient (Wildman–Crippen LogP) is 6.98. The van der Waals surface area contributed by atoms with Crippen molar-refractivity contribution >= 4 is 61.4 Å². The van der Waals surface area contributed by atoms with Crippen LogP contribution in [-0.4, -0.2) is 14.0 Å². The number of furan rings is 1. The predicted molar refractivity (Wildman–Crippen MR) is 122 cm³/mol. The van der Waals surface area contributed by atoms with Gasteiger partial charge in [-0.15, -0.1) is 0 Å². The van der Waals surface area contributed by atoms with Crippen molar-refractivity contribution in [2.75, 3.05) is 0 Å². The van der Waals surface area contributed by atoms with Crippen LogP contribution in [0.5, 0.6) is 0 Å². The first-order valence-corrected chi connectivity index (χ1v) is 10.2. The standard InChI is InChI=1S/C25H14ClN3O/c26-18-7-5-10-21-24(18)27-25-28(19-8-2-3-9-20(19)29(21)25)15-12-13-23-17(14-15)16-6-1-4-11-22(16)30-23/h1-14H. The first-order valence-electron chi connectivity index (χ1n) is 9.77. The lowest BCUT2D eigenvalue weighted by molar-refractivity contribution is 0.669. The molecule has 0 unspecified atom stereocenters. The third-order valence-electron chi connectivity index (χ3n) is 5.80. The summed E-state index contributed by atoms with van der Waals surface area (Å²) in [6.07, 6.45) is 0. The van der Waals surface area contributed by atoms with Gasteiger partial charge in [-0.25, -0.2) is 4.98 Å². The average Bonchev–Trinajstić information content (AvgIpc) is 3.42. The minimum Gasteiger partial charge on any atom is -0.456 e. The summed E-state index contributed by atoms with van der Waals surface area (Å²) in [6, 6.07) is 28.7. The summed E-state index contributed by atoms with van der Waals surface area (Å²) in [5.74, 6) is 0.839. The van der Waals surface area contributed by atoms with E-state index in [1.165, 1.54) is 0 Å². The fourth-order valence-corrected chi connectivity index (χ4v) is 4.71. The van der Waals surface area contributed by atoms with Gasteiger partial charge in [0.25, 0.3) is 0 Å². The van der Waals surface area contributed by atoms with Crippen LogP contribution >= 0.6 is 11.6 Å². The fraction of sp³-hybridized carbons (Fsp3) is 0. The van der Waals surface area contributed by atoms with Crippen LogP contribution in [-0.2, 0) is 0 Å². The molecule has 7 rings (SSSR count). The highest BCUT2D eigenvalue weighted by Crippen LogP contribution is 2.34. The zero-order chi connectivity index (χ0) is 19.8. The highest BCUT2D eigenvalue weighted by molar-refractivity contribution is 6.35. The maximum absolute atomic E-state index is 6.47. The topological polar surface area (TPSA) is 35.4 Å². The van der Waals surface area contributed by atoms with Crippen LogP contribution in [0.15, 0.2) is 89.3 Å². The maximum Gasteiger partial charge on any atom is 0.220 e. The van der Waals surface area contributed by atoms with Crippen molar-refractivity contribution in [3.8, 4) is 5.69 Å². The van der Waals surface area contributed by atoms with Gasteiger partial charge in [-0.1, -0.05) is 48.0 Å². The van der Waals surface area contributed by atoms with E-state index in [1.807, 2.05) is 36.4 Å². The van der Waals surface area contributed by atoms with E-state index in [-0.39, 0.29) is 0 Å². The Bertz CT molecular complexity index is 1770. The number of para-hydroxylation sites is 4. The molecule has 142 valence electrons. The summed E-state index contributed by atoms with van der Waals surface area (Å²) >= 11 is 6.47. The number of aromatic nitrogens is 3. The summed E-state index contributed by atoms with van der Waals surface area (Å²) in [7, 11) is 0. The van der Waals surface area contributed by atoms with Crippen molar-refractivity contribution in [1.29, 1.82) is 0 Å². The third-order valence-corrected chi connectivity index (χ3v) is 6.11. The van der Waals surface area contributed by atoms with Gasteiger partial charge in [0, 0.05) is 10.8 Å². The SMILES string of the molecule is Clc1cccc2c1nc1n(-c3ccc4oc5ccccc5c4c3)c3ccccc3n21. The fourth-order valence-electron chi connectivity index (χ4n) is 4.50. The van der Waals surface area contributed by atoms with Crippen LogP contribution in [0.3, 0.4) is 0 Å². The number of hydrogen-bond acceptors (Lipinski definition) is 2. The molecule has 30 heavy (non-hydrogen) atoms. The number of fused-ring (bicyclic) bond motifs is 8. The van der Waals surface area contributed by atoms with Gasteiger partial charge in [0.15, 0.2) is 0 Å². The Morgan fingerprint density at radius 2 is 1.47 bits per heavy atom. The monoisotopic (exact) mass is 407 g/mol. The molecule has 0 bridgehead atoms. The van der Waals surface area contributed by atoms with E-state index < -0.39 is 0 Å². The number of hydrogen-bond donors (Lipinski definition) is 0. The molecule has 0 radical (unpaired) electrons. The molecule has 3 heterocycles. The van der Waals surface area contributed by atoms with Crippen molar-refractivity contribution in [3.05, 3.63) is 90.0 Å². The zero-order valence-electron chi connectivity index (χ0n) is 15.7. The number of benzene rings is 4. The minimum atomic E-state index is 0.656. The van der Waals surface area contributed by atoms with Crippen LogP contribution < -0.4 is 0 Å². The Kier molecular flexibility index (Phi) is 3.03. The Hall–Kier alpha value is -3.76. The molecule has 0 atom stereocenters. The van der Waals surface area contributed by atoms with Gasteiger partial charge in [0.05, 0.1) is 27.3 Å². The molecule has 0 aliphatic rings. The van der Waals surface area contributed by atoms with E-state index in [9.17, 15) is 0 Å². The van der Waals surface area contributed by atoms with Gasteiger partial charge < -0.3 is 4.42 Å². The quantitative estimate of drug-likeness (QED) is 0.294. The molecule has 0 N–H and O–H groups in total. The molecular formula is C25H14ClN3O. The van der Waals surface area contributed by atoms with Crippen LogP contribution in [0, 0.1) is 0 Å². The lowest BCUT2D eigenvalue weighted by Crippen LogP contribution is -1.94. The Labute approximate surface area is 175 Å². The van der Waals surface area contributed by atoms with E-state index in [4.69, 9.17) is 21.0 Å². The Morgan fingerprint density at radius 1 is 0.700 bits per heavy atom. The van der Waals surface area contributed by atoms with Gasteiger partial charge in [-0.2, -0.15) is 0 Å². The Morgan fingerprint density at radius 3 is 2.40 bits per heavy atom. The molecular weight excluding hydrogens is 394 g/mol. The van der Waals surface area contributed by atoms with Crippen molar-refractivity contribution < 1.29 is 4.42 Å². The summed E-state index contributed by atoms with van der Waals surface area (Å²) in [4.78, 5) is 4.93. The van der Waals surface area contributed by atoms with Gasteiger partial charge >= 0.3 is 0 Å². The molecule has 0 aliphatic heterocycles. The van der Waals surface area contributed by atoms with Crippen molar-refractivity contribution in [2.45, 2.75) is 0 Å². The molecule has 4 aromatic carbocycles. The van der Waals surface area contributed by atoms with E-state index in [0.29, 0.717) is 5.02 Å². The van der Waals surface area contributed by atoms with Crippen LogP contribution in [0.25, 0.3) is 55.5 Å². The minimum absolute atomic E-state index is 0.656. The maximum atomic E-state index is 6.47. The molecule has 0 saturated heterocycles. The number of imidazole rings is 2. The number of nitrogens with zero attached hydrogens (tertiary/aromatic N) is 3. The summed E-state index contributed by atoms with van der Waals surface area (Å²) in [5, 5.41) is 2.86. The molecule has 0 saturated carbocycles. The second kappa shape index (κ2) is 5.65. The lowest BCUT2D eigenvalue weighted by Gasteiger charge is -2.05. The second-order valence-electron chi connectivity index (χ2n) is 7.46. The number of rotatable bonds is 1. The zero-order valence-corrected chi connectivity index (χ0v) is 16.5. The molecule has 5 heteroatoms. The number of halogens is 1. The molecule has 4 nitrogen and oxygen atoms in total. The molecule has 0 fully saturated rings. The first kappa shape index (κ1) is 16.1. The van der Waals surface area contributed by atoms with Crippen LogP contribution in [0.2, 0.25) is 5.02 Å². The highest BCUT2D eigenvalue weighted by Gasteiger charge is 2.18. The normalized spacial score (nSPS) is 12.2. The Balaban J connectivity index is 1.65. The molecule has 7 aromatic rings. The smallest absolute Gasteiger partial charge is 0.220 e. The van der Waals surface area contributed by atoms with Gasteiger partial charge in [-0.3, -0.25) is 8.97 Å². The molecule has 0 spiro atoms. The van der Waals surface area contributed by atoms with E-state index in [2.05, 4.69) is 57.5 Å². The van der Waals surface area contributed by atoms with Crippen molar-refractivity contribution in [1.82, 2.24) is 14.0 Å². The molecule has 3 aromatic heterocycles. The molecule has 0 aliphatic carbocycles. The van der Waals surface area contributed by atoms with Crippen LogP contribution in [0.4, 0.5) is 0 Å². The van der Waals surface area contributed by atoms with Crippen LogP contribution in [0.1, 0.15) is 0 Å². The summed E-state index contributed by atoms with van der Waals surface area (Å²) in [6.45, 7) is 0. The van der Waals surface area contributed by atoms with Gasteiger partial charge in [-0.05, 0) is 48.5 Å². The van der Waals surface area contributed by atoms with E-state index in [1.54, 1.807) is 0 Å². The average molecular weight is 408 g/mol. The first-order chi connectivity index (χ1) is 14.8. The lowest BCUT2D eigenvalue weighted by atomic mass is 10.1. The van der Waals surface area contributed by atoms with E-state index >= 15 is 0 Å². The van der Waals surface area contributed by atoms with Gasteiger partial charge in [0.1, 0.15) is 16.7 Å². The van der Waals surface area contributed by atoms with Gasteiger partial charge in [0.2, 0.25) is 5.78 Å². The third kappa shape index (κ3) is 1.98. The van der Waals surface area contributed by atoms with Crippen molar-refractivity contribution in [2.24, 2.45) is 0 Å². The summed E-state index contributed by atoms with van der Waals surface area (Å²) < 4.78 is 10.4. The second-order valence-corrected chi connectivity index (χ2v) is 7.86. The largest absolute Gasteiger partial charge is 0.456 e.